The van der Waals surface area contributed by atoms with Gasteiger partial charge in [0.2, 0.25) is 0 Å². The molecule has 1 saturated heterocycles. The second kappa shape index (κ2) is 4.24. The number of carbonyl (C=O) groups is 1. The zero-order valence-electron chi connectivity index (χ0n) is 13.2. The van der Waals surface area contributed by atoms with Crippen molar-refractivity contribution in [2.75, 3.05) is 0 Å². The lowest BCUT2D eigenvalue weighted by atomic mass is 9.80. The molecule has 3 aliphatic heterocycles. The minimum atomic E-state index is -0.510. The van der Waals surface area contributed by atoms with E-state index in [1.807, 2.05) is 44.7 Å². The Morgan fingerprint density at radius 1 is 1.23 bits per heavy atom. The molecule has 0 spiro atoms. The maximum absolute atomic E-state index is 12.7. The molecular weight excluding hydrogens is 280 g/mol. The minimum absolute atomic E-state index is 0.0349. The lowest BCUT2D eigenvalue weighted by Crippen LogP contribution is -2.36. The molecule has 1 aromatic rings. The van der Waals surface area contributed by atoms with Crippen molar-refractivity contribution in [3.05, 3.63) is 35.4 Å². The van der Waals surface area contributed by atoms with Crippen molar-refractivity contribution >= 4 is 11.8 Å². The highest BCUT2D eigenvalue weighted by molar-refractivity contribution is 5.89. The summed E-state index contributed by atoms with van der Waals surface area (Å²) in [7, 11) is 0. The zero-order chi connectivity index (χ0) is 15.6. The first-order chi connectivity index (χ1) is 10.4. The van der Waals surface area contributed by atoms with E-state index >= 15 is 0 Å². The summed E-state index contributed by atoms with van der Waals surface area (Å²) in [5.41, 5.74) is 2.80. The number of hydrogen-bond donors (Lipinski definition) is 0. The van der Waals surface area contributed by atoms with Gasteiger partial charge in [-0.3, -0.25) is 4.90 Å². The number of hydrogen-bond acceptors (Lipinski definition) is 4. The molecule has 116 valence electrons. The van der Waals surface area contributed by atoms with Crippen LogP contribution >= 0.6 is 0 Å². The summed E-state index contributed by atoms with van der Waals surface area (Å²) in [6.07, 6.45) is -0.364. The molecule has 5 nitrogen and oxygen atoms in total. The highest BCUT2D eigenvalue weighted by Crippen LogP contribution is 2.59. The number of carbonyl (C=O) groups excluding carboxylic acids is 1. The number of fused-ring (bicyclic) bond motifs is 8. The third-order valence-electron chi connectivity index (χ3n) is 4.64. The van der Waals surface area contributed by atoms with Crippen LogP contribution in [0, 0.1) is 5.92 Å². The number of ether oxygens (including phenoxy) is 1. The normalized spacial score (nSPS) is 31.5. The standard InChI is InChI=1S/C17H20N2O3/c1-9-12-13-10-7-5-6-8-11(10)14(15(12)22-18-9)19(13)16(20)21-17(2,3)4/h5-8,12-15H,1-4H3. The molecule has 0 radical (unpaired) electrons. The maximum atomic E-state index is 12.7. The molecule has 0 aromatic heterocycles. The largest absolute Gasteiger partial charge is 0.444 e. The number of benzene rings is 1. The Kier molecular flexibility index (Phi) is 2.63. The van der Waals surface area contributed by atoms with Gasteiger partial charge in [-0.2, -0.15) is 0 Å². The van der Waals surface area contributed by atoms with Crippen LogP contribution in [0.1, 0.15) is 50.9 Å². The van der Waals surface area contributed by atoms with Crippen LogP contribution in [0.25, 0.3) is 0 Å². The highest BCUT2D eigenvalue weighted by Gasteiger charge is 2.63. The number of amides is 1. The van der Waals surface area contributed by atoms with E-state index in [1.54, 1.807) is 0 Å². The van der Waals surface area contributed by atoms with E-state index in [9.17, 15) is 4.79 Å². The van der Waals surface area contributed by atoms with Crippen LogP contribution < -0.4 is 0 Å². The van der Waals surface area contributed by atoms with E-state index in [0.717, 1.165) is 11.3 Å². The van der Waals surface area contributed by atoms with Gasteiger partial charge in [0.05, 0.1) is 17.7 Å². The molecule has 4 rings (SSSR count). The van der Waals surface area contributed by atoms with Crippen LogP contribution in [-0.2, 0) is 9.57 Å². The van der Waals surface area contributed by atoms with Gasteiger partial charge >= 0.3 is 6.09 Å². The molecule has 0 aliphatic carbocycles. The molecule has 1 amide bonds. The quantitative estimate of drug-likeness (QED) is 0.737. The van der Waals surface area contributed by atoms with E-state index < -0.39 is 5.60 Å². The third kappa shape index (κ3) is 1.71. The molecule has 5 heteroatoms. The van der Waals surface area contributed by atoms with Gasteiger partial charge < -0.3 is 9.57 Å². The zero-order valence-corrected chi connectivity index (χ0v) is 13.2. The lowest BCUT2D eigenvalue weighted by Gasteiger charge is -2.28. The summed E-state index contributed by atoms with van der Waals surface area (Å²) in [5, 5.41) is 4.15. The fourth-order valence-electron chi connectivity index (χ4n) is 3.94. The first kappa shape index (κ1) is 13.6. The summed E-state index contributed by atoms with van der Waals surface area (Å²) in [6, 6.07) is 8.05. The van der Waals surface area contributed by atoms with Crippen molar-refractivity contribution in [1.29, 1.82) is 0 Å². The number of rotatable bonds is 0. The van der Waals surface area contributed by atoms with E-state index in [2.05, 4.69) is 17.3 Å². The number of oxime groups is 1. The van der Waals surface area contributed by atoms with Crippen molar-refractivity contribution in [2.24, 2.45) is 11.1 Å². The molecule has 4 atom stereocenters. The van der Waals surface area contributed by atoms with Crippen LogP contribution in [0.15, 0.2) is 29.4 Å². The molecule has 2 bridgehead atoms. The molecule has 3 aliphatic rings. The Morgan fingerprint density at radius 2 is 1.86 bits per heavy atom. The molecular formula is C17H20N2O3. The van der Waals surface area contributed by atoms with Crippen LogP contribution in [0.3, 0.4) is 0 Å². The fraction of sp³-hybridized carbons (Fsp3) is 0.529. The first-order valence-corrected chi connectivity index (χ1v) is 7.69. The Balaban J connectivity index is 1.76. The van der Waals surface area contributed by atoms with Crippen LogP contribution in [0.2, 0.25) is 0 Å². The Labute approximate surface area is 129 Å². The third-order valence-corrected chi connectivity index (χ3v) is 4.64. The van der Waals surface area contributed by atoms with Crippen molar-refractivity contribution in [3.63, 3.8) is 0 Å². The smallest absolute Gasteiger partial charge is 0.411 e. The van der Waals surface area contributed by atoms with Gasteiger partial charge in [0, 0.05) is 0 Å². The Bertz CT molecular complexity index is 677. The van der Waals surface area contributed by atoms with Gasteiger partial charge in [-0.1, -0.05) is 29.4 Å². The molecule has 1 aromatic carbocycles. The molecule has 3 heterocycles. The first-order valence-electron chi connectivity index (χ1n) is 7.69. The van der Waals surface area contributed by atoms with E-state index in [-0.39, 0.29) is 30.2 Å². The van der Waals surface area contributed by atoms with Gasteiger partial charge in [-0.05, 0) is 38.8 Å². The van der Waals surface area contributed by atoms with Crippen LogP contribution in [-0.4, -0.2) is 28.4 Å². The Morgan fingerprint density at radius 3 is 2.50 bits per heavy atom. The van der Waals surface area contributed by atoms with Crippen LogP contribution in [0.5, 0.6) is 0 Å². The van der Waals surface area contributed by atoms with Crippen molar-refractivity contribution < 1.29 is 14.4 Å². The molecule has 0 saturated carbocycles. The van der Waals surface area contributed by atoms with Crippen molar-refractivity contribution in [1.82, 2.24) is 4.90 Å². The highest BCUT2D eigenvalue weighted by atomic mass is 16.6. The average molecular weight is 300 g/mol. The topological polar surface area (TPSA) is 51.1 Å². The van der Waals surface area contributed by atoms with Gasteiger partial charge in [0.25, 0.3) is 0 Å². The van der Waals surface area contributed by atoms with Gasteiger partial charge in [0.15, 0.2) is 6.10 Å². The molecule has 4 unspecified atom stereocenters. The van der Waals surface area contributed by atoms with E-state index in [0.29, 0.717) is 0 Å². The predicted molar refractivity (Wildman–Crippen MR) is 81.5 cm³/mol. The van der Waals surface area contributed by atoms with Crippen molar-refractivity contribution in [3.8, 4) is 0 Å². The second-order valence-electron chi connectivity index (χ2n) is 7.23. The average Bonchev–Trinajstić information content (AvgIpc) is 3.05. The maximum Gasteiger partial charge on any atom is 0.411 e. The predicted octanol–water partition coefficient (Wildman–Crippen LogP) is 3.42. The Hall–Kier alpha value is -2.04. The van der Waals surface area contributed by atoms with Gasteiger partial charge in [-0.15, -0.1) is 0 Å². The minimum Gasteiger partial charge on any atom is -0.444 e. The lowest BCUT2D eigenvalue weighted by molar-refractivity contribution is 0.00340. The molecule has 0 N–H and O–H groups in total. The van der Waals surface area contributed by atoms with Gasteiger partial charge in [0.1, 0.15) is 11.6 Å². The summed E-state index contributed by atoms with van der Waals surface area (Å²) in [6.45, 7) is 7.64. The van der Waals surface area contributed by atoms with Crippen LogP contribution in [0.4, 0.5) is 4.79 Å². The summed E-state index contributed by atoms with van der Waals surface area (Å²) < 4.78 is 5.63. The SMILES string of the molecule is CC1=NOC2C1C1c3ccccc3C2N1C(=O)OC(C)(C)C. The second-order valence-corrected chi connectivity index (χ2v) is 7.23. The van der Waals surface area contributed by atoms with Crippen molar-refractivity contribution in [2.45, 2.75) is 51.5 Å². The van der Waals surface area contributed by atoms with Gasteiger partial charge in [-0.25, -0.2) is 4.79 Å². The van der Waals surface area contributed by atoms with E-state index in [1.165, 1.54) is 5.56 Å². The molecule has 22 heavy (non-hydrogen) atoms. The summed E-state index contributed by atoms with van der Waals surface area (Å²) in [5.74, 6) is 0.132. The monoisotopic (exact) mass is 300 g/mol. The summed E-state index contributed by atoms with van der Waals surface area (Å²) in [4.78, 5) is 20.2. The number of nitrogens with zero attached hydrogens (tertiary/aromatic N) is 2. The fourth-order valence-corrected chi connectivity index (χ4v) is 3.94. The molecule has 1 fully saturated rings. The van der Waals surface area contributed by atoms with E-state index in [4.69, 9.17) is 9.57 Å². The summed E-state index contributed by atoms with van der Waals surface area (Å²) >= 11 is 0.